The van der Waals surface area contributed by atoms with Gasteiger partial charge in [-0.05, 0) is 0 Å². The molecule has 0 bridgehead atoms. The first kappa shape index (κ1) is 18.7. The van der Waals surface area contributed by atoms with E-state index in [1.54, 1.807) is 0 Å². The van der Waals surface area contributed by atoms with Crippen LogP contribution in [0.2, 0.25) is 0 Å². The molecule has 0 aliphatic heterocycles. The second-order valence-electron chi connectivity index (χ2n) is 2.85. The van der Waals surface area contributed by atoms with E-state index in [9.17, 15) is 0 Å². The van der Waals surface area contributed by atoms with Gasteiger partial charge in [-0.25, -0.2) is 4.90 Å². The molecule has 96 valence electrons. The molecule has 16 heavy (non-hydrogen) atoms. The maximum Gasteiger partial charge on any atom is 0.349 e. The summed E-state index contributed by atoms with van der Waals surface area (Å²) in [4.78, 5) is 0.0903. The van der Waals surface area contributed by atoms with Gasteiger partial charge in [0.15, 0.2) is 0 Å². The van der Waals surface area contributed by atoms with Crippen LogP contribution in [0.5, 0.6) is 0 Å². The van der Waals surface area contributed by atoms with Crippen LogP contribution in [-0.4, -0.2) is 83.6 Å². The third kappa shape index (κ3) is 4.32. The Labute approximate surface area is 106 Å². The summed E-state index contributed by atoms with van der Waals surface area (Å²) in [6.07, 6.45) is -1.90. The maximum atomic E-state index is 9.09. The van der Waals surface area contributed by atoms with Gasteiger partial charge in [-0.15, -0.1) is 0 Å². The summed E-state index contributed by atoms with van der Waals surface area (Å²) in [6.45, 7) is -2.28. The number of hydrogen-bond donors (Lipinski definition) is 8. The van der Waals surface area contributed by atoms with E-state index in [1.807, 2.05) is 0 Å². The van der Waals surface area contributed by atoms with Crippen molar-refractivity contribution in [1.82, 2.24) is 4.90 Å². The van der Waals surface area contributed by atoms with Gasteiger partial charge in [0.05, 0.1) is 13.2 Å². The summed E-state index contributed by atoms with van der Waals surface area (Å²) in [5.41, 5.74) is 0. The summed E-state index contributed by atoms with van der Waals surface area (Å²) < 4.78 is 0. The monoisotopic (exact) mass is 277 g/mol. The van der Waals surface area contributed by atoms with Crippen molar-refractivity contribution in [3.05, 3.63) is 0 Å². The quantitative estimate of drug-likeness (QED) is 0.175. The van der Waals surface area contributed by atoms with Gasteiger partial charge in [0.25, 0.3) is 0 Å². The van der Waals surface area contributed by atoms with Crippen LogP contribution < -0.4 is 0 Å². The summed E-state index contributed by atoms with van der Waals surface area (Å²) in [6, 6.07) is 0. The van der Waals surface area contributed by atoms with Crippen LogP contribution in [0.4, 0.5) is 0 Å². The Morgan fingerprint density at radius 1 is 1.00 bits per heavy atom. The molecule has 0 aromatic carbocycles. The molecule has 0 rings (SSSR count). The van der Waals surface area contributed by atoms with E-state index in [0.717, 1.165) is 0 Å². The van der Waals surface area contributed by atoms with Crippen molar-refractivity contribution >= 4 is 0 Å². The molecule has 1 atom stereocenters. The second-order valence-corrected chi connectivity index (χ2v) is 2.85. The van der Waals surface area contributed by atoms with E-state index >= 15 is 0 Å². The summed E-state index contributed by atoms with van der Waals surface area (Å²) in [5.74, 6) is -7.59. The zero-order valence-corrected chi connectivity index (χ0v) is 9.79. The van der Waals surface area contributed by atoms with E-state index < -0.39 is 37.9 Å². The Morgan fingerprint density at radius 3 is 1.69 bits per heavy atom. The van der Waals surface area contributed by atoms with Crippen LogP contribution in [0.3, 0.4) is 0 Å². The normalized spacial score (nSPS) is 14.8. The minimum atomic E-state index is -3.95. The molecule has 0 aromatic heterocycles. The molecule has 0 spiro atoms. The summed E-state index contributed by atoms with van der Waals surface area (Å²) in [7, 11) is 0. The molecule has 10 heteroatoms. The maximum absolute atomic E-state index is 9.09. The number of rotatable bonds is 6. The molecule has 0 aromatic rings. The first-order valence-electron chi connectivity index (χ1n) is 3.96. The molecule has 0 radical (unpaired) electrons. The Hall–Kier alpha value is 0.354. The molecule has 0 aliphatic rings. The van der Waals surface area contributed by atoms with Crippen molar-refractivity contribution in [2.24, 2.45) is 0 Å². The molecule has 0 amide bonds. The minimum absolute atomic E-state index is 0. The van der Waals surface area contributed by atoms with Crippen LogP contribution in [0.1, 0.15) is 0 Å². The van der Waals surface area contributed by atoms with Crippen molar-refractivity contribution in [1.29, 1.82) is 0 Å². The Balaban J connectivity index is 0. The molecule has 0 heterocycles. The molecule has 9 nitrogen and oxygen atoms in total. The second kappa shape index (κ2) is 6.94. The van der Waals surface area contributed by atoms with Crippen LogP contribution >= 0.6 is 0 Å². The van der Waals surface area contributed by atoms with Crippen LogP contribution in [0.15, 0.2) is 0 Å². The molecule has 0 saturated heterocycles. The zero-order valence-electron chi connectivity index (χ0n) is 8.22. The Kier molecular flexibility index (Phi) is 8.11. The predicted molar refractivity (Wildman–Crippen MR) is 43.4 cm³/mol. The SMILES string of the molecule is OCCN(C(O)CO)C(O)(O)C(O)(O)O.[Ti]. The molecule has 0 fully saturated rings. The number of hydrogen-bond acceptors (Lipinski definition) is 9. The first-order chi connectivity index (χ1) is 6.68. The molecular weight excluding hydrogens is 262 g/mol. The molecular formula is C6H15NO8Ti. The van der Waals surface area contributed by atoms with E-state index in [2.05, 4.69) is 0 Å². The van der Waals surface area contributed by atoms with Crippen molar-refractivity contribution in [3.8, 4) is 0 Å². The van der Waals surface area contributed by atoms with E-state index in [4.69, 9.17) is 40.9 Å². The van der Waals surface area contributed by atoms with Crippen molar-refractivity contribution in [2.75, 3.05) is 19.8 Å². The minimum Gasteiger partial charge on any atom is -0.395 e. The molecule has 0 aliphatic carbocycles. The Bertz CT molecular complexity index is 195. The largest absolute Gasteiger partial charge is 0.395 e. The summed E-state index contributed by atoms with van der Waals surface area (Å²) >= 11 is 0. The molecule has 8 N–H and O–H groups in total. The fourth-order valence-electron chi connectivity index (χ4n) is 0.912. The van der Waals surface area contributed by atoms with Gasteiger partial charge in [-0.1, -0.05) is 0 Å². The fraction of sp³-hybridized carbons (Fsp3) is 1.00. The average Bonchev–Trinajstić information content (AvgIpc) is 2.10. The Morgan fingerprint density at radius 2 is 1.44 bits per heavy atom. The number of aliphatic hydroxyl groups is 8. The van der Waals surface area contributed by atoms with Crippen molar-refractivity contribution in [2.45, 2.75) is 18.1 Å². The third-order valence-electron chi connectivity index (χ3n) is 1.71. The van der Waals surface area contributed by atoms with Crippen molar-refractivity contribution in [3.63, 3.8) is 0 Å². The van der Waals surface area contributed by atoms with Gasteiger partial charge >= 0.3 is 11.9 Å². The third-order valence-corrected chi connectivity index (χ3v) is 1.71. The standard InChI is InChI=1S/C6H15NO8.Ti/c8-2-1-7(4(10)3-9)5(11,12)6(13,14)15;/h4,8-15H,1-3H2;. The van der Waals surface area contributed by atoms with E-state index in [0.29, 0.717) is 0 Å². The number of nitrogens with zero attached hydrogens (tertiary/aromatic N) is 1. The van der Waals surface area contributed by atoms with E-state index in [-0.39, 0.29) is 26.6 Å². The average molecular weight is 277 g/mol. The van der Waals surface area contributed by atoms with Crippen LogP contribution in [-0.2, 0) is 21.7 Å². The fourth-order valence-corrected chi connectivity index (χ4v) is 0.912. The van der Waals surface area contributed by atoms with Gasteiger partial charge < -0.3 is 40.9 Å². The first-order valence-corrected chi connectivity index (χ1v) is 3.96. The van der Waals surface area contributed by atoms with E-state index in [1.165, 1.54) is 0 Å². The van der Waals surface area contributed by atoms with Gasteiger partial charge in [-0.3, -0.25) is 0 Å². The zero-order chi connectivity index (χ0) is 12.3. The molecule has 1 unspecified atom stereocenters. The van der Waals surface area contributed by atoms with Gasteiger partial charge in [-0.2, -0.15) is 0 Å². The number of aliphatic hydroxyl groups excluding tert-OH is 3. The van der Waals surface area contributed by atoms with Crippen LogP contribution in [0.25, 0.3) is 0 Å². The topological polar surface area (TPSA) is 165 Å². The molecule has 0 saturated carbocycles. The van der Waals surface area contributed by atoms with Crippen molar-refractivity contribution < 1.29 is 62.6 Å². The van der Waals surface area contributed by atoms with Crippen LogP contribution in [0, 0.1) is 0 Å². The van der Waals surface area contributed by atoms with Gasteiger partial charge in [0.1, 0.15) is 6.23 Å². The van der Waals surface area contributed by atoms with Gasteiger partial charge in [0, 0.05) is 28.3 Å². The smallest absolute Gasteiger partial charge is 0.349 e. The van der Waals surface area contributed by atoms with Gasteiger partial charge in [0.2, 0.25) is 0 Å². The predicted octanol–water partition coefficient (Wildman–Crippen LogP) is -5.14. The summed E-state index contributed by atoms with van der Waals surface area (Å²) in [5, 5.41) is 70.0.